The zero-order valence-electron chi connectivity index (χ0n) is 11.5. The minimum absolute atomic E-state index is 0.0379. The van der Waals surface area contributed by atoms with Gasteiger partial charge in [-0.05, 0) is 18.4 Å². The molecule has 2 heterocycles. The summed E-state index contributed by atoms with van der Waals surface area (Å²) in [4.78, 5) is 0.997. The van der Waals surface area contributed by atoms with Crippen molar-refractivity contribution >= 4 is 21.4 Å². The Labute approximate surface area is 122 Å². The van der Waals surface area contributed by atoms with Crippen LogP contribution in [0.2, 0.25) is 0 Å². The maximum absolute atomic E-state index is 12.7. The van der Waals surface area contributed by atoms with Crippen molar-refractivity contribution in [3.05, 3.63) is 33.6 Å². The zero-order chi connectivity index (χ0) is 14.8. The smallest absolute Gasteiger partial charge is 0.263 e. The van der Waals surface area contributed by atoms with E-state index in [1.807, 2.05) is 24.4 Å². The second-order valence-corrected chi connectivity index (χ2v) is 7.23. The molecule has 0 fully saturated rings. The summed E-state index contributed by atoms with van der Waals surface area (Å²) >= 11 is 1.53. The van der Waals surface area contributed by atoms with Crippen molar-refractivity contribution in [2.75, 3.05) is 6.54 Å². The Morgan fingerprint density at radius 3 is 2.80 bits per heavy atom. The Balaban J connectivity index is 2.36. The number of aromatic nitrogens is 2. The number of thiophene rings is 1. The number of rotatable bonds is 6. The molecule has 2 aromatic heterocycles. The standard InChI is InChI=1S/C12H18N4O2S2/c1-3-16(8-10-5-4-6-19-10)20(17,18)12-11(7-13)9(2)14-15-12/h4-6H,3,7-8,13H2,1-2H3,(H,14,15). The van der Waals surface area contributed by atoms with Gasteiger partial charge in [-0.3, -0.25) is 5.10 Å². The number of hydrogen-bond acceptors (Lipinski definition) is 5. The lowest BCUT2D eigenvalue weighted by Gasteiger charge is -2.19. The van der Waals surface area contributed by atoms with E-state index in [2.05, 4.69) is 10.2 Å². The maximum Gasteiger partial charge on any atom is 0.263 e. The van der Waals surface area contributed by atoms with Crippen LogP contribution >= 0.6 is 11.3 Å². The van der Waals surface area contributed by atoms with Crippen LogP contribution in [0.3, 0.4) is 0 Å². The lowest BCUT2D eigenvalue weighted by Crippen LogP contribution is -2.31. The average molecular weight is 314 g/mol. The van der Waals surface area contributed by atoms with E-state index in [-0.39, 0.29) is 11.6 Å². The second-order valence-electron chi connectivity index (χ2n) is 4.35. The third-order valence-corrected chi connectivity index (χ3v) is 5.84. The Morgan fingerprint density at radius 1 is 1.50 bits per heavy atom. The number of H-pyrrole nitrogens is 1. The van der Waals surface area contributed by atoms with Crippen LogP contribution in [0, 0.1) is 6.92 Å². The van der Waals surface area contributed by atoms with E-state index in [9.17, 15) is 8.42 Å². The highest BCUT2D eigenvalue weighted by Crippen LogP contribution is 2.22. The quantitative estimate of drug-likeness (QED) is 0.844. The number of nitrogens with zero attached hydrogens (tertiary/aromatic N) is 2. The van der Waals surface area contributed by atoms with Crippen molar-refractivity contribution in [1.82, 2.24) is 14.5 Å². The average Bonchev–Trinajstić information content (AvgIpc) is 3.04. The molecule has 0 spiro atoms. The van der Waals surface area contributed by atoms with Gasteiger partial charge in [-0.15, -0.1) is 11.3 Å². The highest BCUT2D eigenvalue weighted by atomic mass is 32.2. The molecule has 6 nitrogen and oxygen atoms in total. The van der Waals surface area contributed by atoms with Crippen LogP contribution in [-0.2, 0) is 23.1 Å². The van der Waals surface area contributed by atoms with Gasteiger partial charge in [0.05, 0.1) is 0 Å². The van der Waals surface area contributed by atoms with E-state index >= 15 is 0 Å². The molecular formula is C12H18N4O2S2. The molecule has 3 N–H and O–H groups in total. The third-order valence-electron chi connectivity index (χ3n) is 3.09. The monoisotopic (exact) mass is 314 g/mol. The van der Waals surface area contributed by atoms with Gasteiger partial charge in [-0.25, -0.2) is 8.42 Å². The molecule has 0 saturated carbocycles. The number of nitrogens with one attached hydrogen (secondary N) is 1. The summed E-state index contributed by atoms with van der Waals surface area (Å²) in [5, 5.41) is 8.59. The number of aromatic amines is 1. The minimum atomic E-state index is -3.63. The lowest BCUT2D eigenvalue weighted by molar-refractivity contribution is 0.423. The van der Waals surface area contributed by atoms with Gasteiger partial charge in [0.15, 0.2) is 5.03 Å². The second kappa shape index (κ2) is 6.04. The fourth-order valence-corrected chi connectivity index (χ4v) is 4.35. The van der Waals surface area contributed by atoms with E-state index in [1.165, 1.54) is 15.6 Å². The van der Waals surface area contributed by atoms with Crippen molar-refractivity contribution in [3.8, 4) is 0 Å². The molecule has 0 aromatic carbocycles. The first-order valence-electron chi connectivity index (χ1n) is 6.27. The van der Waals surface area contributed by atoms with Gasteiger partial charge in [-0.1, -0.05) is 13.0 Å². The summed E-state index contributed by atoms with van der Waals surface area (Å²) in [6.07, 6.45) is 0. The van der Waals surface area contributed by atoms with Crippen LogP contribution < -0.4 is 5.73 Å². The minimum Gasteiger partial charge on any atom is -0.326 e. The number of sulfonamides is 1. The van der Waals surface area contributed by atoms with Gasteiger partial charge in [0, 0.05) is 35.8 Å². The van der Waals surface area contributed by atoms with E-state index < -0.39 is 10.0 Å². The molecule has 0 aliphatic heterocycles. The van der Waals surface area contributed by atoms with Crippen molar-refractivity contribution in [1.29, 1.82) is 0 Å². The number of hydrogen-bond donors (Lipinski definition) is 2. The first-order valence-corrected chi connectivity index (χ1v) is 8.59. The fourth-order valence-electron chi connectivity index (χ4n) is 1.95. The molecule has 0 unspecified atom stereocenters. The normalized spacial score (nSPS) is 12.2. The van der Waals surface area contributed by atoms with Crippen LogP contribution in [0.1, 0.15) is 23.1 Å². The highest BCUT2D eigenvalue weighted by molar-refractivity contribution is 7.89. The van der Waals surface area contributed by atoms with Crippen molar-refractivity contribution in [3.63, 3.8) is 0 Å². The van der Waals surface area contributed by atoms with Gasteiger partial charge >= 0.3 is 0 Å². The lowest BCUT2D eigenvalue weighted by atomic mass is 10.3. The van der Waals surface area contributed by atoms with Gasteiger partial charge in [0.2, 0.25) is 0 Å². The highest BCUT2D eigenvalue weighted by Gasteiger charge is 2.29. The van der Waals surface area contributed by atoms with Gasteiger partial charge < -0.3 is 5.73 Å². The van der Waals surface area contributed by atoms with Crippen molar-refractivity contribution in [2.45, 2.75) is 32.0 Å². The SMILES string of the molecule is CCN(Cc1cccs1)S(=O)(=O)c1n[nH]c(C)c1CN. The van der Waals surface area contributed by atoms with Gasteiger partial charge in [0.1, 0.15) is 0 Å². The molecule has 0 bridgehead atoms. The molecule has 0 aliphatic rings. The first-order chi connectivity index (χ1) is 9.50. The molecule has 0 amide bonds. The van der Waals surface area contributed by atoms with Crippen LogP contribution in [0.4, 0.5) is 0 Å². The van der Waals surface area contributed by atoms with E-state index in [0.717, 1.165) is 4.88 Å². The molecule has 20 heavy (non-hydrogen) atoms. The summed E-state index contributed by atoms with van der Waals surface area (Å²) in [6.45, 7) is 4.46. The summed E-state index contributed by atoms with van der Waals surface area (Å²) in [6, 6.07) is 3.83. The van der Waals surface area contributed by atoms with Crippen LogP contribution in [-0.4, -0.2) is 29.5 Å². The third kappa shape index (κ3) is 2.78. The van der Waals surface area contributed by atoms with Crippen LogP contribution in [0.15, 0.2) is 22.5 Å². The van der Waals surface area contributed by atoms with Gasteiger partial charge in [0.25, 0.3) is 10.0 Å². The molecule has 8 heteroatoms. The Morgan fingerprint density at radius 2 is 2.25 bits per heavy atom. The number of nitrogens with two attached hydrogens (primary N) is 1. The van der Waals surface area contributed by atoms with Crippen LogP contribution in [0.5, 0.6) is 0 Å². The molecule has 0 radical (unpaired) electrons. The Kier molecular flexibility index (Phi) is 4.59. The fraction of sp³-hybridized carbons (Fsp3) is 0.417. The predicted molar refractivity (Wildman–Crippen MR) is 78.8 cm³/mol. The van der Waals surface area contributed by atoms with Crippen LogP contribution in [0.25, 0.3) is 0 Å². The summed E-state index contributed by atoms with van der Waals surface area (Å²) < 4.78 is 26.8. The van der Waals surface area contributed by atoms with E-state index in [0.29, 0.717) is 24.3 Å². The van der Waals surface area contributed by atoms with Gasteiger partial charge in [-0.2, -0.15) is 9.40 Å². The van der Waals surface area contributed by atoms with Crippen molar-refractivity contribution in [2.24, 2.45) is 5.73 Å². The Hall–Kier alpha value is -1.22. The summed E-state index contributed by atoms with van der Waals surface area (Å²) in [5.74, 6) is 0. The number of aryl methyl sites for hydroxylation is 1. The van der Waals surface area contributed by atoms with Crippen molar-refractivity contribution < 1.29 is 8.42 Å². The van der Waals surface area contributed by atoms with E-state index in [1.54, 1.807) is 6.92 Å². The first kappa shape index (κ1) is 15.2. The zero-order valence-corrected chi connectivity index (χ0v) is 13.1. The molecule has 2 rings (SSSR count). The molecule has 0 atom stereocenters. The molecular weight excluding hydrogens is 296 g/mol. The summed E-state index contributed by atoms with van der Waals surface area (Å²) in [5.41, 5.74) is 6.87. The predicted octanol–water partition coefficient (Wildman–Crippen LogP) is 1.45. The molecule has 2 aromatic rings. The van der Waals surface area contributed by atoms with E-state index in [4.69, 9.17) is 5.73 Å². The topological polar surface area (TPSA) is 92.1 Å². The Bertz CT molecular complexity index is 662. The molecule has 110 valence electrons. The summed E-state index contributed by atoms with van der Waals surface area (Å²) in [7, 11) is -3.63. The maximum atomic E-state index is 12.7. The largest absolute Gasteiger partial charge is 0.326 e. The molecule has 0 saturated heterocycles. The molecule has 0 aliphatic carbocycles.